The molecule has 0 bridgehead atoms. The molecular weight excluding hydrogens is 274 g/mol. The van der Waals surface area contributed by atoms with Gasteiger partial charge in [-0.05, 0) is 40.2 Å². The molecule has 1 aromatic heterocycles. The summed E-state index contributed by atoms with van der Waals surface area (Å²) in [6.07, 6.45) is 3.22. The summed E-state index contributed by atoms with van der Waals surface area (Å²) in [5, 5.41) is 8.88. The van der Waals surface area contributed by atoms with Crippen molar-refractivity contribution in [3.63, 3.8) is 0 Å². The van der Waals surface area contributed by atoms with E-state index in [1.807, 2.05) is 11.6 Å². The molecule has 0 saturated carbocycles. The highest BCUT2D eigenvalue weighted by molar-refractivity contribution is 6.31. The fraction of sp³-hybridized carbons (Fsp3) is 0.800. The molecule has 0 aliphatic rings. The molecular formula is C15H28ClN3O. The Bertz CT molecular complexity index is 406. The number of ether oxygens (including phenoxy) is 1. The van der Waals surface area contributed by atoms with E-state index in [-0.39, 0.29) is 6.10 Å². The molecule has 1 N–H and O–H groups in total. The van der Waals surface area contributed by atoms with E-state index >= 15 is 0 Å². The number of nitrogens with one attached hydrogen (secondary N) is 1. The first-order valence-corrected chi connectivity index (χ1v) is 7.89. The second-order valence-electron chi connectivity index (χ2n) is 5.30. The van der Waals surface area contributed by atoms with Gasteiger partial charge in [-0.15, -0.1) is 0 Å². The number of nitrogens with zero attached hydrogens (tertiary/aromatic N) is 2. The van der Waals surface area contributed by atoms with Crippen LogP contribution in [0, 0.1) is 6.92 Å². The normalized spacial score (nSPS) is 14.5. The molecule has 1 rings (SSSR count). The minimum atomic E-state index is 0.238. The number of methoxy groups -OCH3 is 1. The summed E-state index contributed by atoms with van der Waals surface area (Å²) < 4.78 is 7.40. The van der Waals surface area contributed by atoms with Gasteiger partial charge in [-0.3, -0.25) is 4.68 Å². The third-order valence-electron chi connectivity index (χ3n) is 3.59. The number of hydrogen-bond donors (Lipinski definition) is 1. The third-order valence-corrected chi connectivity index (χ3v) is 4.09. The lowest BCUT2D eigenvalue weighted by atomic mass is 10.0. The number of hydrogen-bond acceptors (Lipinski definition) is 3. The minimum Gasteiger partial charge on any atom is -0.382 e. The van der Waals surface area contributed by atoms with Crippen molar-refractivity contribution in [1.82, 2.24) is 15.1 Å². The molecule has 1 heterocycles. The predicted molar refractivity (Wildman–Crippen MR) is 84.5 cm³/mol. The molecule has 0 saturated heterocycles. The first-order valence-electron chi connectivity index (χ1n) is 7.51. The van der Waals surface area contributed by atoms with Gasteiger partial charge in [0.2, 0.25) is 0 Å². The number of aryl methyl sites for hydroxylation is 2. The zero-order valence-electron chi connectivity index (χ0n) is 13.4. The largest absolute Gasteiger partial charge is 0.382 e. The topological polar surface area (TPSA) is 39.1 Å². The van der Waals surface area contributed by atoms with E-state index in [2.05, 4.69) is 31.2 Å². The second kappa shape index (κ2) is 8.65. The lowest BCUT2D eigenvalue weighted by Crippen LogP contribution is -2.35. The van der Waals surface area contributed by atoms with Crippen LogP contribution in [0.3, 0.4) is 0 Å². The molecule has 0 radical (unpaired) electrons. The van der Waals surface area contributed by atoms with E-state index in [0.29, 0.717) is 6.04 Å². The monoisotopic (exact) mass is 301 g/mol. The molecule has 0 aromatic carbocycles. The first-order chi connectivity index (χ1) is 9.53. The van der Waals surface area contributed by atoms with Gasteiger partial charge in [-0.2, -0.15) is 5.10 Å². The Morgan fingerprint density at radius 2 is 2.10 bits per heavy atom. The van der Waals surface area contributed by atoms with Crippen molar-refractivity contribution in [2.75, 3.05) is 13.7 Å². The predicted octanol–water partition coefficient (Wildman–Crippen LogP) is 3.20. The molecule has 116 valence electrons. The van der Waals surface area contributed by atoms with E-state index in [1.165, 1.54) is 0 Å². The van der Waals surface area contributed by atoms with E-state index in [1.54, 1.807) is 7.11 Å². The zero-order valence-corrected chi connectivity index (χ0v) is 14.1. The molecule has 0 aliphatic carbocycles. The van der Waals surface area contributed by atoms with Crippen LogP contribution in [0.2, 0.25) is 5.02 Å². The van der Waals surface area contributed by atoms with E-state index in [0.717, 1.165) is 48.8 Å². The lowest BCUT2D eigenvalue weighted by molar-refractivity contribution is 0.100. The average Bonchev–Trinajstić information content (AvgIpc) is 2.72. The van der Waals surface area contributed by atoms with E-state index < -0.39 is 0 Å². The molecule has 0 fully saturated rings. The Kier molecular flexibility index (Phi) is 7.56. The maximum absolute atomic E-state index is 6.40. The van der Waals surface area contributed by atoms with Crippen LogP contribution in [-0.4, -0.2) is 35.6 Å². The maximum Gasteiger partial charge on any atom is 0.0847 e. The number of rotatable bonds is 9. The summed E-state index contributed by atoms with van der Waals surface area (Å²) in [5.74, 6) is 0. The standard InChI is InChI=1S/C15H28ClN3O/c1-6-8-17-13(9-11(3)20-5)10-14-15(16)12(4)18-19(14)7-2/h11,13,17H,6-10H2,1-5H3. The fourth-order valence-electron chi connectivity index (χ4n) is 2.38. The summed E-state index contributed by atoms with van der Waals surface area (Å²) in [5.41, 5.74) is 2.04. The summed E-state index contributed by atoms with van der Waals surface area (Å²) in [4.78, 5) is 0. The maximum atomic E-state index is 6.40. The Morgan fingerprint density at radius 1 is 1.40 bits per heavy atom. The SMILES string of the molecule is CCCNC(Cc1c(Cl)c(C)nn1CC)CC(C)OC. The van der Waals surface area contributed by atoms with Gasteiger partial charge in [-0.25, -0.2) is 0 Å². The highest BCUT2D eigenvalue weighted by Gasteiger charge is 2.19. The van der Waals surface area contributed by atoms with Crippen molar-refractivity contribution in [2.24, 2.45) is 0 Å². The van der Waals surface area contributed by atoms with Crippen molar-refractivity contribution >= 4 is 11.6 Å². The molecule has 4 nitrogen and oxygen atoms in total. The van der Waals surface area contributed by atoms with Gasteiger partial charge >= 0.3 is 0 Å². The Balaban J connectivity index is 2.82. The molecule has 20 heavy (non-hydrogen) atoms. The van der Waals surface area contributed by atoms with Crippen molar-refractivity contribution in [3.05, 3.63) is 16.4 Å². The molecule has 0 amide bonds. The Hall–Kier alpha value is -0.580. The van der Waals surface area contributed by atoms with Gasteiger partial charge in [-0.1, -0.05) is 18.5 Å². The first kappa shape index (κ1) is 17.5. The van der Waals surface area contributed by atoms with Crippen molar-refractivity contribution in [2.45, 2.75) is 65.6 Å². The van der Waals surface area contributed by atoms with Gasteiger partial charge < -0.3 is 10.1 Å². The molecule has 1 aromatic rings. The molecule has 0 aliphatic heterocycles. The van der Waals surface area contributed by atoms with Crippen LogP contribution in [0.25, 0.3) is 0 Å². The van der Waals surface area contributed by atoms with Crippen molar-refractivity contribution in [3.8, 4) is 0 Å². The van der Waals surface area contributed by atoms with Crippen LogP contribution in [0.5, 0.6) is 0 Å². The average molecular weight is 302 g/mol. The van der Waals surface area contributed by atoms with Crippen LogP contribution in [0.1, 0.15) is 45.0 Å². The number of aromatic nitrogens is 2. The summed E-state index contributed by atoms with van der Waals surface area (Å²) in [6.45, 7) is 10.2. The highest BCUT2D eigenvalue weighted by atomic mass is 35.5. The van der Waals surface area contributed by atoms with E-state index in [4.69, 9.17) is 16.3 Å². The fourth-order valence-corrected chi connectivity index (χ4v) is 2.59. The van der Waals surface area contributed by atoms with Gasteiger partial charge in [0.05, 0.1) is 22.5 Å². The Morgan fingerprint density at radius 3 is 2.65 bits per heavy atom. The van der Waals surface area contributed by atoms with Crippen LogP contribution in [0.4, 0.5) is 0 Å². The molecule has 2 unspecified atom stereocenters. The zero-order chi connectivity index (χ0) is 15.1. The summed E-state index contributed by atoms with van der Waals surface area (Å²) in [6, 6.07) is 0.365. The lowest BCUT2D eigenvalue weighted by Gasteiger charge is -2.22. The van der Waals surface area contributed by atoms with Gasteiger partial charge in [0.25, 0.3) is 0 Å². The van der Waals surface area contributed by atoms with Crippen LogP contribution in [0.15, 0.2) is 0 Å². The molecule has 2 atom stereocenters. The third kappa shape index (κ3) is 4.76. The van der Waals surface area contributed by atoms with Crippen molar-refractivity contribution in [1.29, 1.82) is 0 Å². The molecule has 0 spiro atoms. The smallest absolute Gasteiger partial charge is 0.0847 e. The van der Waals surface area contributed by atoms with Gasteiger partial charge in [0, 0.05) is 26.1 Å². The van der Waals surface area contributed by atoms with Crippen LogP contribution in [-0.2, 0) is 17.7 Å². The minimum absolute atomic E-state index is 0.238. The number of halogens is 1. The van der Waals surface area contributed by atoms with Gasteiger partial charge in [0.1, 0.15) is 0 Å². The van der Waals surface area contributed by atoms with Crippen LogP contribution >= 0.6 is 11.6 Å². The Labute approximate surface area is 127 Å². The highest BCUT2D eigenvalue weighted by Crippen LogP contribution is 2.22. The molecule has 5 heteroatoms. The quantitative estimate of drug-likeness (QED) is 0.761. The summed E-state index contributed by atoms with van der Waals surface area (Å²) in [7, 11) is 1.76. The second-order valence-corrected chi connectivity index (χ2v) is 5.68. The summed E-state index contributed by atoms with van der Waals surface area (Å²) >= 11 is 6.40. The van der Waals surface area contributed by atoms with E-state index in [9.17, 15) is 0 Å². The van der Waals surface area contributed by atoms with Crippen LogP contribution < -0.4 is 5.32 Å². The van der Waals surface area contributed by atoms with Gasteiger partial charge in [0.15, 0.2) is 0 Å². The van der Waals surface area contributed by atoms with Crippen molar-refractivity contribution < 1.29 is 4.74 Å².